The number of alkyl halides is 3. The third kappa shape index (κ3) is 2.59. The fraction of sp³-hybridized carbons (Fsp3) is 0.438. The number of carboxylic acids is 1. The first-order valence-electron chi connectivity index (χ1n) is 7.50. The van der Waals surface area contributed by atoms with Gasteiger partial charge in [-0.2, -0.15) is 13.2 Å². The van der Waals surface area contributed by atoms with Crippen molar-refractivity contribution in [1.29, 1.82) is 0 Å². The molecule has 0 bridgehead atoms. The highest BCUT2D eigenvalue weighted by Crippen LogP contribution is 2.56. The molecule has 1 aromatic carbocycles. The summed E-state index contributed by atoms with van der Waals surface area (Å²) in [6, 6.07) is 3.76. The van der Waals surface area contributed by atoms with E-state index in [0.717, 1.165) is 6.07 Å². The van der Waals surface area contributed by atoms with Gasteiger partial charge in [-0.15, -0.1) is 0 Å². The molecule has 2 aliphatic rings. The summed E-state index contributed by atoms with van der Waals surface area (Å²) in [5.41, 5.74) is -3.35. The highest BCUT2D eigenvalue weighted by Gasteiger charge is 2.65. The number of piperidine rings is 1. The number of nitrogens with zero attached hydrogens (tertiary/aromatic N) is 2. The van der Waals surface area contributed by atoms with E-state index in [4.69, 9.17) is 11.6 Å². The molecule has 0 spiro atoms. The maximum atomic E-state index is 14.3. The Morgan fingerprint density at radius 1 is 1.48 bits per heavy atom. The number of benzene rings is 1. The molecular formula is C16H14ClF3N2O3. The van der Waals surface area contributed by atoms with Gasteiger partial charge in [0, 0.05) is 24.5 Å². The Morgan fingerprint density at radius 2 is 2.16 bits per heavy atom. The quantitative estimate of drug-likeness (QED) is 0.864. The van der Waals surface area contributed by atoms with Gasteiger partial charge in [-0.3, -0.25) is 9.59 Å². The minimum absolute atomic E-state index is 0.0280. The normalized spacial score (nSPS) is 26.0. The molecule has 3 rings (SSSR count). The van der Waals surface area contributed by atoms with Gasteiger partial charge in [0.1, 0.15) is 11.1 Å². The van der Waals surface area contributed by atoms with Gasteiger partial charge in [0.15, 0.2) is 0 Å². The van der Waals surface area contributed by atoms with Crippen LogP contribution in [0.2, 0.25) is 5.02 Å². The Balaban J connectivity index is 2.35. The second-order valence-corrected chi connectivity index (χ2v) is 6.70. The lowest BCUT2D eigenvalue weighted by Crippen LogP contribution is -2.59. The van der Waals surface area contributed by atoms with Gasteiger partial charge in [0.2, 0.25) is 0 Å². The Hall–Kier alpha value is -2.09. The van der Waals surface area contributed by atoms with Gasteiger partial charge in [0.25, 0.3) is 5.91 Å². The molecule has 2 atom stereocenters. The summed E-state index contributed by atoms with van der Waals surface area (Å²) in [7, 11) is 1.48. The summed E-state index contributed by atoms with van der Waals surface area (Å²) in [5, 5.41) is 9.28. The first-order chi connectivity index (χ1) is 11.6. The number of aliphatic imine (C=N–C) groups is 1. The highest BCUT2D eigenvalue weighted by molar-refractivity contribution is 6.41. The van der Waals surface area contributed by atoms with Crippen LogP contribution in [-0.4, -0.2) is 47.4 Å². The summed E-state index contributed by atoms with van der Waals surface area (Å²) >= 11 is 5.88. The Kier molecular flexibility index (Phi) is 4.06. The fourth-order valence-electron chi connectivity index (χ4n) is 3.70. The van der Waals surface area contributed by atoms with Crippen LogP contribution in [0.1, 0.15) is 18.4 Å². The number of likely N-dealkylation sites (tertiary alicyclic amines) is 1. The molecule has 0 saturated carbocycles. The van der Waals surface area contributed by atoms with Crippen LogP contribution in [0.3, 0.4) is 0 Å². The van der Waals surface area contributed by atoms with E-state index >= 15 is 0 Å². The molecule has 0 radical (unpaired) electrons. The average Bonchev–Trinajstić information content (AvgIpc) is 2.50. The molecule has 1 amide bonds. The van der Waals surface area contributed by atoms with Crippen molar-refractivity contribution < 1.29 is 27.9 Å². The van der Waals surface area contributed by atoms with Crippen LogP contribution in [0.4, 0.5) is 18.9 Å². The minimum Gasteiger partial charge on any atom is -0.481 e. The predicted molar refractivity (Wildman–Crippen MR) is 84.3 cm³/mol. The molecule has 2 heterocycles. The Labute approximate surface area is 146 Å². The molecule has 0 aromatic heterocycles. The zero-order chi connectivity index (χ0) is 18.6. The van der Waals surface area contributed by atoms with Crippen molar-refractivity contribution in [2.45, 2.75) is 24.4 Å². The molecule has 25 heavy (non-hydrogen) atoms. The molecule has 1 fully saturated rings. The Morgan fingerprint density at radius 3 is 2.76 bits per heavy atom. The lowest BCUT2D eigenvalue weighted by molar-refractivity contribution is -0.208. The molecule has 134 valence electrons. The van der Waals surface area contributed by atoms with Crippen LogP contribution in [-0.2, 0) is 15.0 Å². The monoisotopic (exact) mass is 374 g/mol. The number of fused-ring (bicyclic) bond motifs is 2. The molecule has 5 nitrogen and oxygen atoms in total. The summed E-state index contributed by atoms with van der Waals surface area (Å²) in [5.74, 6) is -3.58. The van der Waals surface area contributed by atoms with Crippen LogP contribution < -0.4 is 0 Å². The Bertz CT molecular complexity index is 793. The SMILES string of the molecule is CN1CCC2C(=Nc3ccc(Cl)cc3C2(CC(=O)O)C(F)(F)F)C1=O. The number of hydrogen-bond donors (Lipinski definition) is 1. The largest absolute Gasteiger partial charge is 0.481 e. The number of rotatable bonds is 2. The van der Waals surface area contributed by atoms with Gasteiger partial charge in [-0.1, -0.05) is 11.6 Å². The summed E-state index contributed by atoms with van der Waals surface area (Å²) < 4.78 is 42.8. The molecule has 1 saturated heterocycles. The van der Waals surface area contributed by atoms with E-state index in [0.29, 0.717) is 0 Å². The lowest BCUT2D eigenvalue weighted by atomic mass is 9.61. The number of halogens is 4. The first-order valence-corrected chi connectivity index (χ1v) is 7.88. The number of amides is 1. The van der Waals surface area contributed by atoms with Crippen LogP contribution in [0.15, 0.2) is 23.2 Å². The van der Waals surface area contributed by atoms with E-state index in [1.807, 2.05) is 0 Å². The fourth-order valence-corrected chi connectivity index (χ4v) is 3.87. The van der Waals surface area contributed by atoms with Crippen molar-refractivity contribution in [2.24, 2.45) is 10.9 Å². The zero-order valence-corrected chi connectivity index (χ0v) is 13.9. The molecular weight excluding hydrogens is 361 g/mol. The van der Waals surface area contributed by atoms with Gasteiger partial charge >= 0.3 is 12.1 Å². The van der Waals surface area contributed by atoms with Crippen LogP contribution in [0, 0.1) is 5.92 Å². The molecule has 0 aliphatic carbocycles. The lowest BCUT2D eigenvalue weighted by Gasteiger charge is -2.47. The van der Waals surface area contributed by atoms with Crippen molar-refractivity contribution in [1.82, 2.24) is 4.90 Å². The van der Waals surface area contributed by atoms with Crippen molar-refractivity contribution in [3.63, 3.8) is 0 Å². The van der Waals surface area contributed by atoms with Crippen LogP contribution >= 0.6 is 11.6 Å². The van der Waals surface area contributed by atoms with Gasteiger partial charge in [0.05, 0.1) is 12.1 Å². The van der Waals surface area contributed by atoms with Crippen LogP contribution in [0.25, 0.3) is 0 Å². The zero-order valence-electron chi connectivity index (χ0n) is 13.1. The standard InChI is InChI=1S/C16H14ClF3N2O3/c1-22-5-4-9-13(14(22)25)21-11-3-2-8(17)6-10(11)15(9,7-12(23)24)16(18,19)20/h2-3,6,9H,4-5,7H2,1H3,(H,23,24). The van der Waals surface area contributed by atoms with Crippen LogP contribution in [0.5, 0.6) is 0 Å². The number of aliphatic carboxylic acids is 1. The van der Waals surface area contributed by atoms with Gasteiger partial charge in [-0.05, 0) is 30.2 Å². The molecule has 2 aliphatic heterocycles. The molecule has 1 aromatic rings. The summed E-state index contributed by atoms with van der Waals surface area (Å²) in [6.45, 7) is 0.0931. The first kappa shape index (κ1) is 17.7. The van der Waals surface area contributed by atoms with E-state index in [1.54, 1.807) is 0 Å². The average molecular weight is 375 g/mol. The molecule has 2 unspecified atom stereocenters. The third-order valence-electron chi connectivity index (χ3n) is 4.86. The smallest absolute Gasteiger partial charge is 0.399 e. The number of carbonyl (C=O) groups is 2. The van der Waals surface area contributed by atoms with Crippen molar-refractivity contribution in [3.05, 3.63) is 28.8 Å². The number of hydrogen-bond acceptors (Lipinski definition) is 3. The van der Waals surface area contributed by atoms with E-state index in [2.05, 4.69) is 4.99 Å². The van der Waals surface area contributed by atoms with Gasteiger partial charge < -0.3 is 10.0 Å². The highest BCUT2D eigenvalue weighted by atomic mass is 35.5. The van der Waals surface area contributed by atoms with Crippen molar-refractivity contribution in [3.8, 4) is 0 Å². The maximum absolute atomic E-state index is 14.3. The molecule has 1 N–H and O–H groups in total. The maximum Gasteiger partial charge on any atom is 0.399 e. The minimum atomic E-state index is -4.90. The van der Waals surface area contributed by atoms with E-state index in [-0.39, 0.29) is 35.0 Å². The second kappa shape index (κ2) is 5.72. The number of carbonyl (C=O) groups excluding carboxylic acids is 1. The predicted octanol–water partition coefficient (Wildman–Crippen LogP) is 3.18. The second-order valence-electron chi connectivity index (χ2n) is 6.27. The third-order valence-corrected chi connectivity index (χ3v) is 5.10. The van der Waals surface area contributed by atoms with Crippen molar-refractivity contribution >= 4 is 34.9 Å². The van der Waals surface area contributed by atoms with Gasteiger partial charge in [-0.25, -0.2) is 4.99 Å². The summed E-state index contributed by atoms with van der Waals surface area (Å²) in [6.07, 6.45) is -6.11. The topological polar surface area (TPSA) is 70.0 Å². The van der Waals surface area contributed by atoms with Crippen molar-refractivity contribution in [2.75, 3.05) is 13.6 Å². The van der Waals surface area contributed by atoms with E-state index in [9.17, 15) is 27.9 Å². The number of carboxylic acid groups (broad SMARTS) is 1. The summed E-state index contributed by atoms with van der Waals surface area (Å²) in [4.78, 5) is 29.2. The van der Waals surface area contributed by atoms with E-state index in [1.165, 1.54) is 24.1 Å². The van der Waals surface area contributed by atoms with E-state index < -0.39 is 35.8 Å². The molecule has 9 heteroatoms.